The summed E-state index contributed by atoms with van der Waals surface area (Å²) in [5.41, 5.74) is -0.0109. The van der Waals surface area contributed by atoms with Crippen LogP contribution in [0.2, 0.25) is 0 Å². The van der Waals surface area contributed by atoms with E-state index < -0.39 is 17.7 Å². The van der Waals surface area contributed by atoms with Gasteiger partial charge in [0, 0.05) is 20.2 Å². The Hall–Kier alpha value is -2.44. The van der Waals surface area contributed by atoms with E-state index in [0.717, 1.165) is 0 Å². The minimum atomic E-state index is -0.775. The summed E-state index contributed by atoms with van der Waals surface area (Å²) in [6.07, 6.45) is -0.568. The normalized spacial score (nSPS) is 17.5. The third-order valence-corrected chi connectivity index (χ3v) is 3.69. The molecule has 0 bridgehead atoms. The van der Waals surface area contributed by atoms with Gasteiger partial charge in [-0.3, -0.25) is 9.69 Å². The lowest BCUT2D eigenvalue weighted by Gasteiger charge is -2.30. The first-order valence-corrected chi connectivity index (χ1v) is 7.68. The second kappa shape index (κ2) is 6.59. The molecule has 0 aromatic heterocycles. The molecule has 24 heavy (non-hydrogen) atoms. The molecule has 0 radical (unpaired) electrons. The smallest absolute Gasteiger partial charge is 0.410 e. The van der Waals surface area contributed by atoms with Crippen LogP contribution in [0.3, 0.4) is 0 Å². The Morgan fingerprint density at radius 3 is 2.62 bits per heavy atom. The summed E-state index contributed by atoms with van der Waals surface area (Å²) in [5.74, 6) is 0.922. The fourth-order valence-corrected chi connectivity index (χ4v) is 2.34. The Labute approximate surface area is 142 Å². The Morgan fingerprint density at radius 2 is 2.04 bits per heavy atom. The van der Waals surface area contributed by atoms with E-state index in [0.29, 0.717) is 17.2 Å². The third kappa shape index (κ3) is 3.72. The molecule has 2 rings (SSSR count). The molecule has 0 saturated carbocycles. The van der Waals surface area contributed by atoms with E-state index in [1.54, 1.807) is 53.1 Å². The molecule has 0 aliphatic carbocycles. The highest BCUT2D eigenvalue weighted by molar-refractivity contribution is 6.00. The van der Waals surface area contributed by atoms with Crippen LogP contribution in [0, 0.1) is 0 Å². The molecule has 1 aliphatic rings. The zero-order valence-electron chi connectivity index (χ0n) is 15.0. The summed E-state index contributed by atoms with van der Waals surface area (Å²) in [6.45, 7) is 5.37. The lowest BCUT2D eigenvalue weighted by atomic mass is 10.2. The van der Waals surface area contributed by atoms with Crippen LogP contribution >= 0.6 is 0 Å². The van der Waals surface area contributed by atoms with E-state index in [-0.39, 0.29) is 12.5 Å². The largest absolute Gasteiger partial charge is 0.497 e. The predicted octanol–water partition coefficient (Wildman–Crippen LogP) is 2.29. The highest BCUT2D eigenvalue weighted by Crippen LogP contribution is 2.34. The number of benzene rings is 1. The average Bonchev–Trinajstić information content (AvgIpc) is 2.63. The second-order valence-corrected chi connectivity index (χ2v) is 6.65. The molecule has 0 N–H and O–H groups in total. The van der Waals surface area contributed by atoms with Gasteiger partial charge in [-0.15, -0.1) is 0 Å². The van der Waals surface area contributed by atoms with Crippen LogP contribution in [0.15, 0.2) is 18.2 Å². The van der Waals surface area contributed by atoms with Crippen molar-refractivity contribution in [1.82, 2.24) is 4.90 Å². The first-order valence-electron chi connectivity index (χ1n) is 7.68. The van der Waals surface area contributed by atoms with E-state index in [4.69, 9.17) is 14.2 Å². The maximum absolute atomic E-state index is 12.7. The fraction of sp³-hybridized carbons (Fsp3) is 0.529. The lowest BCUT2D eigenvalue weighted by Crippen LogP contribution is -2.51. The molecule has 7 heteroatoms. The van der Waals surface area contributed by atoms with Crippen molar-refractivity contribution in [1.29, 1.82) is 0 Å². The summed E-state index contributed by atoms with van der Waals surface area (Å²) in [6, 6.07) is 4.45. The summed E-state index contributed by atoms with van der Waals surface area (Å²) < 4.78 is 16.3. The van der Waals surface area contributed by atoms with Crippen LogP contribution in [0.5, 0.6) is 11.5 Å². The zero-order chi connectivity index (χ0) is 18.1. The van der Waals surface area contributed by atoms with Gasteiger partial charge in [-0.2, -0.15) is 0 Å². The standard InChI is InChI=1S/C17H24N2O5/c1-17(2,3)24-16(21)19(5)13-10-23-14-9-11(22-6)7-8-12(14)18(4)15(13)20/h7-9,13H,10H2,1-6H3/t13-/m1/s1. The van der Waals surface area contributed by atoms with Crippen molar-refractivity contribution in [2.45, 2.75) is 32.4 Å². The monoisotopic (exact) mass is 336 g/mol. The van der Waals surface area contributed by atoms with Gasteiger partial charge < -0.3 is 19.1 Å². The minimum Gasteiger partial charge on any atom is -0.497 e. The fourth-order valence-electron chi connectivity index (χ4n) is 2.34. The number of amides is 2. The highest BCUT2D eigenvalue weighted by atomic mass is 16.6. The highest BCUT2D eigenvalue weighted by Gasteiger charge is 2.36. The molecule has 0 saturated heterocycles. The number of methoxy groups -OCH3 is 1. The number of likely N-dealkylation sites (N-methyl/N-ethyl adjacent to an activating group) is 2. The van der Waals surface area contributed by atoms with Crippen molar-refractivity contribution in [3.63, 3.8) is 0 Å². The van der Waals surface area contributed by atoms with Gasteiger partial charge in [0.25, 0.3) is 5.91 Å². The van der Waals surface area contributed by atoms with Crippen LogP contribution < -0.4 is 14.4 Å². The van der Waals surface area contributed by atoms with Gasteiger partial charge in [-0.25, -0.2) is 4.79 Å². The minimum absolute atomic E-state index is 0.0408. The average molecular weight is 336 g/mol. The molecule has 1 aromatic carbocycles. The molecule has 0 fully saturated rings. The number of rotatable bonds is 2. The maximum atomic E-state index is 12.7. The Balaban J connectivity index is 2.24. The van der Waals surface area contributed by atoms with Gasteiger partial charge in [-0.05, 0) is 32.9 Å². The SMILES string of the molecule is COc1ccc2c(c1)OC[C@@H](N(C)C(=O)OC(C)(C)C)C(=O)N2C. The molecule has 1 aliphatic heterocycles. The van der Waals surface area contributed by atoms with E-state index >= 15 is 0 Å². The van der Waals surface area contributed by atoms with Crippen molar-refractivity contribution in [2.75, 3.05) is 32.7 Å². The molecule has 1 atom stereocenters. The quantitative estimate of drug-likeness (QED) is 0.829. The van der Waals surface area contributed by atoms with Gasteiger partial charge in [0.2, 0.25) is 0 Å². The van der Waals surface area contributed by atoms with Crippen LogP contribution in [0.4, 0.5) is 10.5 Å². The number of hydrogen-bond acceptors (Lipinski definition) is 5. The summed E-state index contributed by atoms with van der Waals surface area (Å²) in [5, 5.41) is 0. The van der Waals surface area contributed by atoms with Crippen LogP contribution in [0.25, 0.3) is 0 Å². The van der Waals surface area contributed by atoms with Gasteiger partial charge in [0.1, 0.15) is 29.7 Å². The lowest BCUT2D eigenvalue weighted by molar-refractivity contribution is -0.123. The van der Waals surface area contributed by atoms with Crippen molar-refractivity contribution in [2.24, 2.45) is 0 Å². The zero-order valence-corrected chi connectivity index (χ0v) is 15.0. The number of hydrogen-bond donors (Lipinski definition) is 0. The van der Waals surface area contributed by atoms with E-state index in [9.17, 15) is 9.59 Å². The first kappa shape index (κ1) is 17.9. The van der Waals surface area contributed by atoms with Gasteiger partial charge in [0.05, 0.1) is 12.8 Å². The molecule has 7 nitrogen and oxygen atoms in total. The Bertz CT molecular complexity index is 638. The van der Waals surface area contributed by atoms with Gasteiger partial charge >= 0.3 is 6.09 Å². The van der Waals surface area contributed by atoms with Gasteiger partial charge in [0.15, 0.2) is 0 Å². The maximum Gasteiger partial charge on any atom is 0.410 e. The third-order valence-electron chi connectivity index (χ3n) is 3.69. The number of carbonyl (C=O) groups excluding carboxylic acids is 2. The number of carbonyl (C=O) groups is 2. The molecule has 2 amide bonds. The molecule has 132 valence electrons. The first-order chi connectivity index (χ1) is 11.1. The van der Waals surface area contributed by atoms with Crippen molar-refractivity contribution in [3.8, 4) is 11.5 Å². The molecule has 0 unspecified atom stereocenters. The Kier molecular flexibility index (Phi) is 4.91. The topological polar surface area (TPSA) is 68.3 Å². The number of nitrogens with zero attached hydrogens (tertiary/aromatic N) is 2. The molecule has 1 aromatic rings. The molecule has 1 heterocycles. The number of ether oxygens (including phenoxy) is 3. The summed E-state index contributed by atoms with van der Waals surface area (Å²) in [7, 11) is 4.75. The van der Waals surface area contributed by atoms with Crippen molar-refractivity contribution in [3.05, 3.63) is 18.2 Å². The Morgan fingerprint density at radius 1 is 1.38 bits per heavy atom. The van der Waals surface area contributed by atoms with Gasteiger partial charge in [-0.1, -0.05) is 0 Å². The van der Waals surface area contributed by atoms with E-state index in [2.05, 4.69) is 0 Å². The number of fused-ring (bicyclic) bond motifs is 1. The molecular formula is C17H24N2O5. The summed E-state index contributed by atoms with van der Waals surface area (Å²) >= 11 is 0. The summed E-state index contributed by atoms with van der Waals surface area (Å²) in [4.78, 5) is 27.7. The van der Waals surface area contributed by atoms with Crippen LogP contribution in [-0.2, 0) is 9.53 Å². The van der Waals surface area contributed by atoms with Crippen molar-refractivity contribution < 1.29 is 23.8 Å². The van der Waals surface area contributed by atoms with E-state index in [1.807, 2.05) is 0 Å². The molecular weight excluding hydrogens is 312 g/mol. The van der Waals surface area contributed by atoms with Crippen LogP contribution in [0.1, 0.15) is 20.8 Å². The van der Waals surface area contributed by atoms with Crippen LogP contribution in [-0.4, -0.2) is 56.4 Å². The van der Waals surface area contributed by atoms with E-state index in [1.165, 1.54) is 16.8 Å². The molecule has 0 spiro atoms. The number of anilines is 1. The predicted molar refractivity (Wildman–Crippen MR) is 89.7 cm³/mol. The second-order valence-electron chi connectivity index (χ2n) is 6.65. The van der Waals surface area contributed by atoms with Crippen molar-refractivity contribution >= 4 is 17.7 Å².